The zero-order valence-electron chi connectivity index (χ0n) is 19.3. The van der Waals surface area contributed by atoms with Gasteiger partial charge >= 0.3 is 12.2 Å². The molecule has 0 saturated heterocycles. The van der Waals surface area contributed by atoms with Gasteiger partial charge in [0.1, 0.15) is 5.69 Å². The fourth-order valence-corrected chi connectivity index (χ4v) is 4.24. The van der Waals surface area contributed by atoms with Gasteiger partial charge in [-0.05, 0) is 38.5 Å². The summed E-state index contributed by atoms with van der Waals surface area (Å²) in [6.45, 7) is 9.67. The molecule has 1 aromatic heterocycles. The summed E-state index contributed by atoms with van der Waals surface area (Å²) in [6.07, 6.45) is 0.278. The van der Waals surface area contributed by atoms with Crippen LogP contribution in [0.4, 0.5) is 15.3 Å². The third-order valence-electron chi connectivity index (χ3n) is 4.48. The van der Waals surface area contributed by atoms with Crippen molar-refractivity contribution in [3.63, 3.8) is 0 Å². The molecular weight excluding hydrogens is 553 g/mol. The van der Waals surface area contributed by atoms with E-state index in [4.69, 9.17) is 9.47 Å². The summed E-state index contributed by atoms with van der Waals surface area (Å²) in [4.78, 5) is 30.9. The number of rotatable bonds is 5. The average Bonchev–Trinajstić information content (AvgIpc) is 2.83. The van der Waals surface area contributed by atoms with Crippen LogP contribution in [0, 0.1) is 6.92 Å². The minimum absolute atomic E-state index is 0.146. The molecule has 0 aliphatic rings. The SMILES string of the molecule is CC.CCOC(=O)NN(C(=O)OCC)c1c(-c2ccccc2C)ncc2cc(SI)ccc12. The van der Waals surface area contributed by atoms with Gasteiger partial charge in [0.15, 0.2) is 0 Å². The molecule has 176 valence electrons. The number of hydrazine groups is 1. The maximum absolute atomic E-state index is 12.9. The van der Waals surface area contributed by atoms with Crippen LogP contribution in [0.1, 0.15) is 33.3 Å². The van der Waals surface area contributed by atoms with Crippen molar-refractivity contribution in [1.29, 1.82) is 0 Å². The van der Waals surface area contributed by atoms with Crippen LogP contribution < -0.4 is 10.4 Å². The van der Waals surface area contributed by atoms with Crippen molar-refractivity contribution in [2.75, 3.05) is 18.2 Å². The molecule has 0 aliphatic carbocycles. The standard InChI is InChI=1S/C22H22IN3O4S.C2H6/c1-4-29-21(27)25-26(22(28)30-5-2)20-18-11-10-16(31-23)12-15(18)13-24-19(20)17-9-7-6-8-14(17)3;1-2/h6-13H,4-5H2,1-3H3,(H,25,27);1-2H3. The summed E-state index contributed by atoms with van der Waals surface area (Å²) >= 11 is 2.21. The molecule has 33 heavy (non-hydrogen) atoms. The second-order valence-electron chi connectivity index (χ2n) is 6.46. The molecule has 0 fully saturated rings. The zero-order chi connectivity index (χ0) is 24.4. The van der Waals surface area contributed by atoms with E-state index >= 15 is 0 Å². The lowest BCUT2D eigenvalue weighted by Gasteiger charge is -2.25. The Balaban J connectivity index is 0.00000187. The summed E-state index contributed by atoms with van der Waals surface area (Å²) < 4.78 is 10.3. The Morgan fingerprint density at radius 3 is 2.42 bits per heavy atom. The molecule has 0 radical (unpaired) electrons. The van der Waals surface area contributed by atoms with Gasteiger partial charge in [-0.2, -0.15) is 5.01 Å². The van der Waals surface area contributed by atoms with Crippen molar-refractivity contribution in [3.05, 3.63) is 54.2 Å². The molecule has 2 aromatic carbocycles. The van der Waals surface area contributed by atoms with Crippen molar-refractivity contribution in [2.45, 2.75) is 39.5 Å². The topological polar surface area (TPSA) is 80.8 Å². The smallest absolute Gasteiger partial charge is 0.433 e. The van der Waals surface area contributed by atoms with Crippen LogP contribution in [0.25, 0.3) is 22.0 Å². The first-order chi connectivity index (χ1) is 16.0. The van der Waals surface area contributed by atoms with Crippen LogP contribution in [0.15, 0.2) is 53.6 Å². The number of amides is 2. The Hall–Kier alpha value is -2.53. The number of carbonyl (C=O) groups excluding carboxylic acids is 2. The molecule has 0 spiro atoms. The van der Waals surface area contributed by atoms with Crippen LogP contribution in [0.2, 0.25) is 0 Å². The molecule has 7 nitrogen and oxygen atoms in total. The molecule has 0 saturated carbocycles. The highest BCUT2D eigenvalue weighted by Crippen LogP contribution is 2.38. The van der Waals surface area contributed by atoms with Gasteiger partial charge in [-0.25, -0.2) is 15.0 Å². The number of nitrogens with zero attached hydrogens (tertiary/aromatic N) is 2. The number of ether oxygens (including phenoxy) is 2. The quantitative estimate of drug-likeness (QED) is 0.252. The molecule has 3 rings (SSSR count). The maximum Gasteiger partial charge on any atom is 0.433 e. The largest absolute Gasteiger partial charge is 0.449 e. The Morgan fingerprint density at radius 1 is 1.09 bits per heavy atom. The third-order valence-corrected chi connectivity index (χ3v) is 6.43. The molecule has 0 atom stereocenters. The highest BCUT2D eigenvalue weighted by Gasteiger charge is 2.27. The molecule has 1 heterocycles. The number of hydrogen-bond acceptors (Lipinski definition) is 6. The van der Waals surface area contributed by atoms with E-state index in [0.29, 0.717) is 11.4 Å². The summed E-state index contributed by atoms with van der Waals surface area (Å²) in [6, 6.07) is 13.6. The number of benzene rings is 2. The predicted octanol–water partition coefficient (Wildman–Crippen LogP) is 7.30. The summed E-state index contributed by atoms with van der Waals surface area (Å²) in [5.41, 5.74) is 5.31. The Morgan fingerprint density at radius 2 is 1.79 bits per heavy atom. The van der Waals surface area contributed by atoms with Gasteiger partial charge in [0.05, 0.1) is 18.9 Å². The van der Waals surface area contributed by atoms with Crippen LogP contribution >= 0.6 is 30.1 Å². The van der Waals surface area contributed by atoms with E-state index in [1.807, 2.05) is 63.2 Å². The Labute approximate surface area is 210 Å². The number of hydrogen-bond donors (Lipinski definition) is 1. The van der Waals surface area contributed by atoms with Crippen molar-refractivity contribution in [2.24, 2.45) is 0 Å². The summed E-state index contributed by atoms with van der Waals surface area (Å²) in [7, 11) is 1.58. The predicted molar refractivity (Wildman–Crippen MR) is 143 cm³/mol. The number of anilines is 1. The Kier molecular flexibility index (Phi) is 10.7. The van der Waals surface area contributed by atoms with Crippen LogP contribution in [-0.4, -0.2) is 30.4 Å². The number of aromatic nitrogens is 1. The van der Waals surface area contributed by atoms with Gasteiger partial charge < -0.3 is 9.47 Å². The molecule has 9 heteroatoms. The van der Waals surface area contributed by atoms with Gasteiger partial charge in [0.2, 0.25) is 0 Å². The fraction of sp³-hybridized carbons (Fsp3) is 0.292. The first-order valence-electron chi connectivity index (χ1n) is 10.7. The van der Waals surface area contributed by atoms with Crippen molar-refractivity contribution in [1.82, 2.24) is 10.4 Å². The number of halogens is 1. The monoisotopic (exact) mass is 581 g/mol. The molecule has 1 N–H and O–H groups in total. The highest BCUT2D eigenvalue weighted by atomic mass is 127. The highest BCUT2D eigenvalue weighted by molar-refractivity contribution is 14.2. The van der Waals surface area contributed by atoms with Crippen molar-refractivity contribution >= 4 is 58.8 Å². The van der Waals surface area contributed by atoms with Gasteiger partial charge in [-0.3, -0.25) is 4.98 Å². The number of nitrogens with one attached hydrogen (secondary N) is 1. The number of aryl methyl sites for hydroxylation is 1. The lowest BCUT2D eigenvalue weighted by atomic mass is 10.0. The van der Waals surface area contributed by atoms with Crippen molar-refractivity contribution in [3.8, 4) is 11.3 Å². The van der Waals surface area contributed by atoms with E-state index < -0.39 is 12.2 Å². The second-order valence-corrected chi connectivity index (χ2v) is 8.41. The van der Waals surface area contributed by atoms with E-state index in [9.17, 15) is 9.59 Å². The fourth-order valence-electron chi connectivity index (χ4n) is 3.13. The second kappa shape index (κ2) is 13.2. The first-order valence-corrected chi connectivity index (χ1v) is 14.0. The van der Waals surface area contributed by atoms with Gasteiger partial charge in [-0.15, -0.1) is 0 Å². The zero-order valence-corrected chi connectivity index (χ0v) is 22.3. The third kappa shape index (κ3) is 6.50. The normalized spacial score (nSPS) is 10.1. The van der Waals surface area contributed by atoms with Gasteiger partial charge in [-0.1, -0.05) is 53.1 Å². The van der Waals surface area contributed by atoms with Crippen molar-refractivity contribution < 1.29 is 19.1 Å². The van der Waals surface area contributed by atoms with Gasteiger partial charge in [0, 0.05) is 48.6 Å². The number of fused-ring (bicyclic) bond motifs is 1. The minimum atomic E-state index is -0.761. The van der Waals surface area contributed by atoms with E-state index in [0.717, 1.165) is 31.8 Å². The van der Waals surface area contributed by atoms with E-state index in [-0.39, 0.29) is 13.2 Å². The molecule has 0 aliphatic heterocycles. The summed E-state index contributed by atoms with van der Waals surface area (Å²) in [5.74, 6) is 0. The van der Waals surface area contributed by atoms with E-state index in [2.05, 4.69) is 31.6 Å². The lowest BCUT2D eigenvalue weighted by molar-refractivity contribution is 0.139. The minimum Gasteiger partial charge on any atom is -0.449 e. The number of carbonyl (C=O) groups is 2. The van der Waals surface area contributed by atoms with Crippen LogP contribution in [-0.2, 0) is 9.47 Å². The Bertz CT molecular complexity index is 1110. The first kappa shape index (κ1) is 26.7. The molecule has 0 unspecified atom stereocenters. The van der Waals surface area contributed by atoms with Gasteiger partial charge in [0.25, 0.3) is 0 Å². The lowest BCUT2D eigenvalue weighted by Crippen LogP contribution is -2.47. The van der Waals surface area contributed by atoms with E-state index in [1.54, 1.807) is 29.0 Å². The molecule has 3 aromatic rings. The number of pyridine rings is 1. The summed E-state index contributed by atoms with van der Waals surface area (Å²) in [5, 5.41) is 2.65. The molecule has 2 amide bonds. The molecular formula is C24H28IN3O4S. The average molecular weight is 581 g/mol. The van der Waals surface area contributed by atoms with E-state index in [1.165, 1.54) is 0 Å². The van der Waals surface area contributed by atoms with Crippen LogP contribution in [0.5, 0.6) is 0 Å². The molecule has 0 bridgehead atoms. The maximum atomic E-state index is 12.9. The van der Waals surface area contributed by atoms with Crippen LogP contribution in [0.3, 0.4) is 0 Å².